The Morgan fingerprint density at radius 2 is 2.33 bits per heavy atom. The third-order valence-corrected chi connectivity index (χ3v) is 3.73. The van der Waals surface area contributed by atoms with Crippen molar-refractivity contribution in [3.63, 3.8) is 0 Å². The fraction of sp³-hybridized carbons (Fsp3) is 0.600. The number of nitrogens with zero attached hydrogens (tertiary/aromatic N) is 1. The number of anilines is 1. The fourth-order valence-electron chi connectivity index (χ4n) is 1.92. The zero-order valence-electron chi connectivity index (χ0n) is 8.53. The van der Waals surface area contributed by atoms with Crippen molar-refractivity contribution in [1.82, 2.24) is 4.98 Å². The van der Waals surface area contributed by atoms with Gasteiger partial charge in [0, 0.05) is 6.54 Å². The van der Waals surface area contributed by atoms with Crippen LogP contribution >= 0.6 is 11.3 Å². The van der Waals surface area contributed by atoms with Crippen LogP contribution in [0.4, 0.5) is 5.13 Å². The Hall–Kier alpha value is -1.10. The Bertz CT molecular complexity index is 344. The van der Waals surface area contributed by atoms with Gasteiger partial charge in [0.1, 0.15) is 4.88 Å². The van der Waals surface area contributed by atoms with Crippen molar-refractivity contribution in [3.05, 3.63) is 11.1 Å². The molecule has 1 fully saturated rings. The van der Waals surface area contributed by atoms with Crippen LogP contribution in [-0.4, -0.2) is 17.4 Å². The molecule has 5 heteroatoms. The van der Waals surface area contributed by atoms with Gasteiger partial charge in [0.25, 0.3) is 5.91 Å². The minimum atomic E-state index is -0.401. The second-order valence-electron chi connectivity index (χ2n) is 3.93. The SMILES string of the molecule is NC(=O)c1cnc(NCC2CCCC2)s1. The molecule has 1 aliphatic carbocycles. The van der Waals surface area contributed by atoms with E-state index in [9.17, 15) is 4.79 Å². The summed E-state index contributed by atoms with van der Waals surface area (Å²) in [5, 5.41) is 4.06. The Morgan fingerprint density at radius 1 is 1.60 bits per heavy atom. The predicted octanol–water partition coefficient (Wildman–Crippen LogP) is 1.84. The quantitative estimate of drug-likeness (QED) is 0.821. The Morgan fingerprint density at radius 3 is 2.93 bits per heavy atom. The summed E-state index contributed by atoms with van der Waals surface area (Å²) >= 11 is 1.33. The molecule has 0 saturated heterocycles. The van der Waals surface area contributed by atoms with Gasteiger partial charge >= 0.3 is 0 Å². The van der Waals surface area contributed by atoms with E-state index in [0.29, 0.717) is 4.88 Å². The number of amides is 1. The van der Waals surface area contributed by atoms with Crippen LogP contribution in [0.1, 0.15) is 35.4 Å². The summed E-state index contributed by atoms with van der Waals surface area (Å²) in [6.07, 6.45) is 6.83. The first-order valence-corrected chi connectivity index (χ1v) is 6.07. The second-order valence-corrected chi connectivity index (χ2v) is 4.96. The van der Waals surface area contributed by atoms with E-state index in [1.165, 1.54) is 43.2 Å². The average Bonchev–Trinajstić information content (AvgIpc) is 2.86. The first-order valence-electron chi connectivity index (χ1n) is 5.25. The van der Waals surface area contributed by atoms with Crippen LogP contribution in [0.2, 0.25) is 0 Å². The molecule has 0 bridgehead atoms. The van der Waals surface area contributed by atoms with Crippen LogP contribution < -0.4 is 11.1 Å². The van der Waals surface area contributed by atoms with Crippen molar-refractivity contribution in [3.8, 4) is 0 Å². The number of thiazole rings is 1. The maximum atomic E-state index is 10.8. The summed E-state index contributed by atoms with van der Waals surface area (Å²) in [6, 6.07) is 0. The molecule has 1 aromatic heterocycles. The summed E-state index contributed by atoms with van der Waals surface area (Å²) < 4.78 is 0. The van der Waals surface area contributed by atoms with Gasteiger partial charge in [-0.2, -0.15) is 0 Å². The van der Waals surface area contributed by atoms with Gasteiger partial charge in [-0.25, -0.2) is 4.98 Å². The number of carbonyl (C=O) groups excluding carboxylic acids is 1. The number of hydrogen-bond donors (Lipinski definition) is 2. The lowest BCUT2D eigenvalue weighted by atomic mass is 10.1. The van der Waals surface area contributed by atoms with Crippen molar-refractivity contribution in [2.45, 2.75) is 25.7 Å². The van der Waals surface area contributed by atoms with Crippen LogP contribution in [0.25, 0.3) is 0 Å². The molecule has 1 aromatic rings. The summed E-state index contributed by atoms with van der Waals surface area (Å²) in [6.45, 7) is 0.964. The van der Waals surface area contributed by atoms with Crippen molar-refractivity contribution in [1.29, 1.82) is 0 Å². The molecule has 0 unspecified atom stereocenters. The summed E-state index contributed by atoms with van der Waals surface area (Å²) in [4.78, 5) is 15.5. The molecule has 0 atom stereocenters. The normalized spacial score (nSPS) is 16.8. The smallest absolute Gasteiger partial charge is 0.260 e. The molecular formula is C10H15N3OS. The van der Waals surface area contributed by atoms with E-state index in [2.05, 4.69) is 10.3 Å². The zero-order valence-corrected chi connectivity index (χ0v) is 9.35. The summed E-state index contributed by atoms with van der Waals surface area (Å²) in [5.41, 5.74) is 5.15. The van der Waals surface area contributed by atoms with Gasteiger partial charge in [-0.05, 0) is 18.8 Å². The first kappa shape index (κ1) is 10.4. The van der Waals surface area contributed by atoms with Gasteiger partial charge in [-0.3, -0.25) is 4.79 Å². The molecule has 15 heavy (non-hydrogen) atoms. The highest BCUT2D eigenvalue weighted by atomic mass is 32.1. The van der Waals surface area contributed by atoms with Gasteiger partial charge < -0.3 is 11.1 Å². The minimum Gasteiger partial charge on any atom is -0.365 e. The number of primary amides is 1. The Kier molecular flexibility index (Phi) is 3.20. The van der Waals surface area contributed by atoms with Crippen LogP contribution in [0.5, 0.6) is 0 Å². The first-order chi connectivity index (χ1) is 7.25. The summed E-state index contributed by atoms with van der Waals surface area (Å²) in [7, 11) is 0. The molecule has 4 nitrogen and oxygen atoms in total. The zero-order chi connectivity index (χ0) is 10.7. The molecule has 1 aliphatic rings. The predicted molar refractivity (Wildman–Crippen MR) is 61.1 cm³/mol. The molecule has 1 heterocycles. The fourth-order valence-corrected chi connectivity index (χ4v) is 2.59. The highest BCUT2D eigenvalue weighted by Gasteiger charge is 2.15. The molecule has 82 valence electrons. The van der Waals surface area contributed by atoms with E-state index in [1.54, 1.807) is 0 Å². The largest absolute Gasteiger partial charge is 0.365 e. The highest BCUT2D eigenvalue weighted by molar-refractivity contribution is 7.17. The van der Waals surface area contributed by atoms with Gasteiger partial charge in [-0.1, -0.05) is 24.2 Å². The molecule has 3 N–H and O–H groups in total. The van der Waals surface area contributed by atoms with Gasteiger partial charge in [0.15, 0.2) is 5.13 Å². The van der Waals surface area contributed by atoms with E-state index in [4.69, 9.17) is 5.73 Å². The van der Waals surface area contributed by atoms with E-state index in [1.807, 2.05) is 0 Å². The monoisotopic (exact) mass is 225 g/mol. The van der Waals surface area contributed by atoms with Gasteiger partial charge in [0.05, 0.1) is 6.20 Å². The Labute approximate surface area is 92.9 Å². The molecule has 2 rings (SSSR count). The Balaban J connectivity index is 1.84. The van der Waals surface area contributed by atoms with E-state index < -0.39 is 5.91 Å². The van der Waals surface area contributed by atoms with Crippen LogP contribution in [0, 0.1) is 5.92 Å². The van der Waals surface area contributed by atoms with Crippen molar-refractivity contribution >= 4 is 22.4 Å². The molecular weight excluding hydrogens is 210 g/mol. The molecule has 0 radical (unpaired) electrons. The van der Waals surface area contributed by atoms with Crippen molar-refractivity contribution < 1.29 is 4.79 Å². The number of nitrogens with one attached hydrogen (secondary N) is 1. The average molecular weight is 225 g/mol. The van der Waals surface area contributed by atoms with E-state index in [-0.39, 0.29) is 0 Å². The lowest BCUT2D eigenvalue weighted by molar-refractivity contribution is 0.100. The van der Waals surface area contributed by atoms with E-state index in [0.717, 1.165) is 17.6 Å². The molecule has 0 aliphatic heterocycles. The number of aromatic nitrogens is 1. The lowest BCUT2D eigenvalue weighted by Crippen LogP contribution is -2.10. The van der Waals surface area contributed by atoms with Crippen LogP contribution in [0.15, 0.2) is 6.20 Å². The minimum absolute atomic E-state index is 0.401. The lowest BCUT2D eigenvalue weighted by Gasteiger charge is -2.08. The third kappa shape index (κ3) is 2.68. The maximum Gasteiger partial charge on any atom is 0.260 e. The van der Waals surface area contributed by atoms with Crippen molar-refractivity contribution in [2.75, 3.05) is 11.9 Å². The second kappa shape index (κ2) is 4.61. The van der Waals surface area contributed by atoms with Crippen LogP contribution in [0.3, 0.4) is 0 Å². The number of hydrogen-bond acceptors (Lipinski definition) is 4. The number of rotatable bonds is 4. The topological polar surface area (TPSA) is 68.0 Å². The van der Waals surface area contributed by atoms with Crippen LogP contribution in [-0.2, 0) is 0 Å². The van der Waals surface area contributed by atoms with Gasteiger partial charge in [0.2, 0.25) is 0 Å². The van der Waals surface area contributed by atoms with Crippen molar-refractivity contribution in [2.24, 2.45) is 11.7 Å². The molecule has 1 saturated carbocycles. The summed E-state index contributed by atoms with van der Waals surface area (Å²) in [5.74, 6) is 0.368. The standard InChI is InChI=1S/C10H15N3OS/c11-9(14)8-6-13-10(15-8)12-5-7-3-1-2-4-7/h6-7H,1-5H2,(H2,11,14)(H,12,13). The molecule has 0 spiro atoms. The van der Waals surface area contributed by atoms with Gasteiger partial charge in [-0.15, -0.1) is 0 Å². The molecule has 1 amide bonds. The third-order valence-electron chi connectivity index (χ3n) is 2.77. The maximum absolute atomic E-state index is 10.8. The number of nitrogens with two attached hydrogens (primary N) is 1. The highest BCUT2D eigenvalue weighted by Crippen LogP contribution is 2.25. The number of carbonyl (C=O) groups is 1. The van der Waals surface area contributed by atoms with E-state index >= 15 is 0 Å². The molecule has 0 aromatic carbocycles.